The second-order valence-corrected chi connectivity index (χ2v) is 5.57. The number of carbonyl (C=O) groups excluding carboxylic acids is 1. The van der Waals surface area contributed by atoms with Crippen LogP contribution in [0.4, 0.5) is 0 Å². The highest BCUT2D eigenvalue weighted by molar-refractivity contribution is 7.07. The van der Waals surface area contributed by atoms with E-state index >= 15 is 0 Å². The van der Waals surface area contributed by atoms with Crippen LogP contribution in [0.25, 0.3) is 0 Å². The van der Waals surface area contributed by atoms with Crippen molar-refractivity contribution >= 4 is 17.2 Å². The number of hydrogen-bond acceptors (Lipinski definition) is 3. The number of nitrogens with one attached hydrogen (secondary N) is 1. The van der Waals surface area contributed by atoms with Crippen LogP contribution in [0.1, 0.15) is 5.56 Å². The topological polar surface area (TPSA) is 32.3 Å². The predicted octanol–water partition coefficient (Wildman–Crippen LogP) is 0.968. The molecule has 86 valence electrons. The molecule has 3 heterocycles. The van der Waals surface area contributed by atoms with Gasteiger partial charge in [-0.25, -0.2) is 0 Å². The first kappa shape index (κ1) is 10.3. The van der Waals surface area contributed by atoms with Gasteiger partial charge in [-0.3, -0.25) is 4.79 Å². The molecule has 1 N–H and O–H groups in total. The summed E-state index contributed by atoms with van der Waals surface area (Å²) >= 11 is 1.66. The van der Waals surface area contributed by atoms with Gasteiger partial charge >= 0.3 is 0 Å². The van der Waals surface area contributed by atoms with E-state index in [2.05, 4.69) is 10.7 Å². The summed E-state index contributed by atoms with van der Waals surface area (Å²) in [7, 11) is 0. The van der Waals surface area contributed by atoms with E-state index in [9.17, 15) is 4.79 Å². The Morgan fingerprint density at radius 1 is 1.44 bits per heavy atom. The van der Waals surface area contributed by atoms with E-state index in [4.69, 9.17) is 0 Å². The lowest BCUT2D eigenvalue weighted by Crippen LogP contribution is -2.32. The fourth-order valence-electron chi connectivity index (χ4n) is 2.74. The molecule has 2 saturated heterocycles. The molecule has 0 aliphatic carbocycles. The Kier molecular flexibility index (Phi) is 2.69. The van der Waals surface area contributed by atoms with Gasteiger partial charge in [0.05, 0.1) is 6.42 Å². The standard InChI is InChI=1S/C12H16N2OS/c15-12(3-9-1-2-16-8-9)14-6-10-4-13-5-11(10)7-14/h1-2,8,10-11,13H,3-7H2/t10-,11+. The zero-order chi connectivity index (χ0) is 11.0. The van der Waals surface area contributed by atoms with E-state index < -0.39 is 0 Å². The van der Waals surface area contributed by atoms with Crippen LogP contribution < -0.4 is 5.32 Å². The van der Waals surface area contributed by atoms with E-state index in [1.54, 1.807) is 11.3 Å². The Labute approximate surface area is 99.5 Å². The molecule has 1 aromatic heterocycles. The van der Waals surface area contributed by atoms with Gasteiger partial charge in [0.1, 0.15) is 0 Å². The zero-order valence-corrected chi connectivity index (χ0v) is 10.0. The first-order valence-corrected chi connectivity index (χ1v) is 6.77. The van der Waals surface area contributed by atoms with Gasteiger partial charge in [-0.15, -0.1) is 0 Å². The molecule has 0 spiro atoms. The molecule has 0 radical (unpaired) electrons. The van der Waals surface area contributed by atoms with Crippen molar-refractivity contribution in [1.29, 1.82) is 0 Å². The number of thiophene rings is 1. The Morgan fingerprint density at radius 3 is 2.81 bits per heavy atom. The molecule has 1 amide bonds. The van der Waals surface area contributed by atoms with Crippen LogP contribution >= 0.6 is 11.3 Å². The lowest BCUT2D eigenvalue weighted by Gasteiger charge is -2.17. The fourth-order valence-corrected chi connectivity index (χ4v) is 3.41. The lowest BCUT2D eigenvalue weighted by atomic mass is 10.0. The molecule has 3 nitrogen and oxygen atoms in total. The van der Waals surface area contributed by atoms with Gasteiger partial charge in [0, 0.05) is 26.2 Å². The summed E-state index contributed by atoms with van der Waals surface area (Å²) in [5, 5.41) is 7.49. The molecule has 2 fully saturated rings. The van der Waals surface area contributed by atoms with Gasteiger partial charge in [0.2, 0.25) is 5.91 Å². The van der Waals surface area contributed by atoms with E-state index in [1.165, 1.54) is 0 Å². The minimum Gasteiger partial charge on any atom is -0.342 e. The molecule has 16 heavy (non-hydrogen) atoms. The van der Waals surface area contributed by atoms with Crippen LogP contribution in [0.5, 0.6) is 0 Å². The number of carbonyl (C=O) groups is 1. The first-order valence-electron chi connectivity index (χ1n) is 5.82. The zero-order valence-electron chi connectivity index (χ0n) is 9.19. The molecule has 0 aromatic carbocycles. The Balaban J connectivity index is 1.60. The maximum Gasteiger partial charge on any atom is 0.227 e. The summed E-state index contributed by atoms with van der Waals surface area (Å²) in [6.45, 7) is 4.10. The van der Waals surface area contributed by atoms with Gasteiger partial charge in [0.25, 0.3) is 0 Å². The number of rotatable bonds is 2. The van der Waals surface area contributed by atoms with Crippen LogP contribution in [0.15, 0.2) is 16.8 Å². The van der Waals surface area contributed by atoms with Crippen LogP contribution in [-0.2, 0) is 11.2 Å². The average molecular weight is 236 g/mol. The van der Waals surface area contributed by atoms with E-state index in [-0.39, 0.29) is 0 Å². The van der Waals surface area contributed by atoms with Crippen molar-refractivity contribution in [3.63, 3.8) is 0 Å². The van der Waals surface area contributed by atoms with Crippen LogP contribution in [0, 0.1) is 11.8 Å². The quantitative estimate of drug-likeness (QED) is 0.830. The van der Waals surface area contributed by atoms with Gasteiger partial charge < -0.3 is 10.2 Å². The second-order valence-electron chi connectivity index (χ2n) is 4.79. The Morgan fingerprint density at radius 2 is 2.19 bits per heavy atom. The maximum absolute atomic E-state index is 12.1. The molecule has 2 aliphatic rings. The maximum atomic E-state index is 12.1. The highest BCUT2D eigenvalue weighted by Gasteiger charge is 2.37. The molecular weight excluding hydrogens is 220 g/mol. The van der Waals surface area contributed by atoms with E-state index in [0.717, 1.165) is 31.7 Å². The first-order chi connectivity index (χ1) is 7.83. The van der Waals surface area contributed by atoms with Crippen LogP contribution in [-0.4, -0.2) is 37.0 Å². The molecule has 0 bridgehead atoms. The number of nitrogens with zero attached hydrogens (tertiary/aromatic N) is 1. The highest BCUT2D eigenvalue weighted by atomic mass is 32.1. The largest absolute Gasteiger partial charge is 0.342 e. The smallest absolute Gasteiger partial charge is 0.227 e. The van der Waals surface area contributed by atoms with E-state index in [1.807, 2.05) is 16.3 Å². The fraction of sp³-hybridized carbons (Fsp3) is 0.583. The van der Waals surface area contributed by atoms with Gasteiger partial charge in [-0.2, -0.15) is 11.3 Å². The summed E-state index contributed by atoms with van der Waals surface area (Å²) in [6, 6.07) is 2.04. The number of amides is 1. The van der Waals surface area contributed by atoms with Crippen LogP contribution in [0.3, 0.4) is 0 Å². The molecule has 4 heteroatoms. The molecule has 2 atom stereocenters. The summed E-state index contributed by atoms with van der Waals surface area (Å²) in [5.41, 5.74) is 1.16. The Hall–Kier alpha value is -0.870. The third-order valence-corrected chi connectivity index (χ3v) is 4.41. The van der Waals surface area contributed by atoms with Crippen molar-refractivity contribution in [2.24, 2.45) is 11.8 Å². The SMILES string of the molecule is O=C(Cc1ccsc1)N1C[C@H]2CNC[C@H]2C1. The summed E-state index contributed by atoms with van der Waals surface area (Å²) in [5.74, 6) is 1.70. The van der Waals surface area contributed by atoms with Crippen LogP contribution in [0.2, 0.25) is 0 Å². The summed E-state index contributed by atoms with van der Waals surface area (Å²) in [4.78, 5) is 14.1. The molecule has 1 aromatic rings. The van der Waals surface area contributed by atoms with Crippen molar-refractivity contribution < 1.29 is 4.79 Å². The minimum absolute atomic E-state index is 0.299. The average Bonchev–Trinajstić information content (AvgIpc) is 2.91. The predicted molar refractivity (Wildman–Crippen MR) is 64.5 cm³/mol. The Bertz CT molecular complexity index is 364. The van der Waals surface area contributed by atoms with Crippen molar-refractivity contribution in [3.8, 4) is 0 Å². The monoisotopic (exact) mass is 236 g/mol. The van der Waals surface area contributed by atoms with Gasteiger partial charge in [0.15, 0.2) is 0 Å². The molecular formula is C12H16N2OS. The molecule has 3 rings (SSSR count). The third kappa shape index (κ3) is 1.87. The van der Waals surface area contributed by atoms with Crippen molar-refractivity contribution in [2.45, 2.75) is 6.42 Å². The number of fused-ring (bicyclic) bond motifs is 1. The molecule has 2 aliphatic heterocycles. The van der Waals surface area contributed by atoms with Gasteiger partial charge in [-0.1, -0.05) is 0 Å². The normalized spacial score (nSPS) is 28.4. The van der Waals surface area contributed by atoms with Gasteiger partial charge in [-0.05, 0) is 34.2 Å². The lowest BCUT2D eigenvalue weighted by molar-refractivity contribution is -0.129. The highest BCUT2D eigenvalue weighted by Crippen LogP contribution is 2.26. The third-order valence-electron chi connectivity index (χ3n) is 3.68. The van der Waals surface area contributed by atoms with E-state index in [0.29, 0.717) is 24.2 Å². The van der Waals surface area contributed by atoms with Crippen molar-refractivity contribution in [2.75, 3.05) is 26.2 Å². The number of hydrogen-bond donors (Lipinski definition) is 1. The molecule has 0 unspecified atom stereocenters. The van der Waals surface area contributed by atoms with Crippen molar-refractivity contribution in [1.82, 2.24) is 10.2 Å². The molecule has 0 saturated carbocycles. The second kappa shape index (κ2) is 4.18. The van der Waals surface area contributed by atoms with Crippen molar-refractivity contribution in [3.05, 3.63) is 22.4 Å². The summed E-state index contributed by atoms with van der Waals surface area (Å²) < 4.78 is 0. The summed E-state index contributed by atoms with van der Waals surface area (Å²) in [6.07, 6.45) is 0.580. The number of likely N-dealkylation sites (tertiary alicyclic amines) is 1. The minimum atomic E-state index is 0.299.